The Labute approximate surface area is 199 Å². The molecule has 0 saturated carbocycles. The Morgan fingerprint density at radius 1 is 1.06 bits per heavy atom. The quantitative estimate of drug-likeness (QED) is 0.431. The first-order valence-electron chi connectivity index (χ1n) is 11.6. The van der Waals surface area contributed by atoms with Crippen molar-refractivity contribution in [1.82, 2.24) is 19.2 Å². The number of nitrogens with zero attached hydrogens (tertiary/aromatic N) is 4. The van der Waals surface area contributed by atoms with Crippen LogP contribution in [0.2, 0.25) is 0 Å². The van der Waals surface area contributed by atoms with Crippen molar-refractivity contribution in [2.24, 2.45) is 0 Å². The van der Waals surface area contributed by atoms with Crippen molar-refractivity contribution >= 4 is 26.6 Å². The second kappa shape index (κ2) is 9.22. The van der Waals surface area contributed by atoms with E-state index in [4.69, 9.17) is 0 Å². The molecule has 2 N–H and O–H groups in total. The third-order valence-corrected chi connectivity index (χ3v) is 8.58. The predicted octanol–water partition coefficient (Wildman–Crippen LogP) is 3.24. The highest BCUT2D eigenvalue weighted by Gasteiger charge is 2.30. The number of sulfonamides is 1. The van der Waals surface area contributed by atoms with Gasteiger partial charge in [-0.1, -0.05) is 18.2 Å². The molecule has 0 amide bonds. The molecule has 0 radical (unpaired) electrons. The number of benzene rings is 2. The molecule has 34 heavy (non-hydrogen) atoms. The monoisotopic (exact) mass is 477 g/mol. The summed E-state index contributed by atoms with van der Waals surface area (Å²) >= 11 is 0. The molecule has 1 aromatic heterocycles. The van der Waals surface area contributed by atoms with Crippen LogP contribution in [0.5, 0.6) is 0 Å². The van der Waals surface area contributed by atoms with Gasteiger partial charge in [0.1, 0.15) is 17.4 Å². The van der Waals surface area contributed by atoms with Crippen LogP contribution in [0.15, 0.2) is 53.1 Å². The lowest BCUT2D eigenvalue weighted by Crippen LogP contribution is -2.49. The van der Waals surface area contributed by atoms with Gasteiger partial charge in [-0.15, -0.1) is 0 Å². The fourth-order valence-electron chi connectivity index (χ4n) is 4.76. The van der Waals surface area contributed by atoms with Gasteiger partial charge in [0.15, 0.2) is 5.82 Å². The van der Waals surface area contributed by atoms with Crippen LogP contribution >= 0.6 is 0 Å². The largest absolute Gasteiger partial charge is 0.509 e. The number of aromatic nitrogens is 2. The fraction of sp³-hybridized carbons (Fsp3) is 0.360. The Morgan fingerprint density at radius 2 is 1.79 bits per heavy atom. The zero-order chi connectivity index (χ0) is 23.7. The summed E-state index contributed by atoms with van der Waals surface area (Å²) < 4.78 is 28.0. The van der Waals surface area contributed by atoms with Gasteiger partial charge in [-0.25, -0.2) is 13.4 Å². The van der Waals surface area contributed by atoms with Crippen LogP contribution in [-0.4, -0.2) is 65.4 Å². The van der Waals surface area contributed by atoms with Crippen molar-refractivity contribution in [3.05, 3.63) is 65.2 Å². The molecule has 1 aliphatic carbocycles. The Morgan fingerprint density at radius 3 is 2.53 bits per heavy atom. The predicted molar refractivity (Wildman–Crippen MR) is 130 cm³/mol. The second-order valence-electron chi connectivity index (χ2n) is 8.85. The van der Waals surface area contributed by atoms with Gasteiger partial charge in [0.2, 0.25) is 10.0 Å². The summed E-state index contributed by atoms with van der Waals surface area (Å²) in [5.41, 5.74) is 4.02. The molecule has 0 atom stereocenters. The lowest BCUT2D eigenvalue weighted by Gasteiger charge is -2.34. The van der Waals surface area contributed by atoms with E-state index < -0.39 is 10.0 Å². The Bertz CT molecular complexity index is 1360. The molecule has 5 rings (SSSR count). The zero-order valence-corrected chi connectivity index (χ0v) is 19.7. The summed E-state index contributed by atoms with van der Waals surface area (Å²) in [6, 6.07) is 15.0. The van der Waals surface area contributed by atoms with Gasteiger partial charge in [0.25, 0.3) is 0 Å². The van der Waals surface area contributed by atoms with Crippen molar-refractivity contribution in [3.63, 3.8) is 0 Å². The second-order valence-corrected chi connectivity index (χ2v) is 10.8. The number of hydrogen-bond donors (Lipinski definition) is 2. The fourth-order valence-corrected chi connectivity index (χ4v) is 6.24. The van der Waals surface area contributed by atoms with E-state index in [-0.39, 0.29) is 17.9 Å². The van der Waals surface area contributed by atoms with Crippen molar-refractivity contribution in [3.8, 4) is 6.07 Å². The summed E-state index contributed by atoms with van der Waals surface area (Å²) in [5.74, 6) is 0.252. The summed E-state index contributed by atoms with van der Waals surface area (Å²) in [4.78, 5) is 9.79. The Balaban J connectivity index is 1.27. The van der Waals surface area contributed by atoms with Crippen LogP contribution in [0.4, 0.5) is 0 Å². The molecule has 0 unspecified atom stereocenters. The molecule has 1 saturated heterocycles. The Hall–Kier alpha value is -3.19. The molecule has 2 aliphatic rings. The number of aromatic amines is 1. The molecule has 0 spiro atoms. The van der Waals surface area contributed by atoms with Gasteiger partial charge in [-0.2, -0.15) is 9.57 Å². The maximum Gasteiger partial charge on any atom is 0.243 e. The first-order chi connectivity index (χ1) is 16.5. The minimum absolute atomic E-state index is 0.0763. The van der Waals surface area contributed by atoms with Gasteiger partial charge in [0.05, 0.1) is 22.5 Å². The van der Waals surface area contributed by atoms with Crippen molar-refractivity contribution in [1.29, 1.82) is 5.26 Å². The van der Waals surface area contributed by atoms with Crippen LogP contribution < -0.4 is 0 Å². The number of para-hydroxylation sites is 2. The number of aliphatic hydroxyl groups is 1. The van der Waals surface area contributed by atoms with E-state index in [1.807, 2.05) is 41.3 Å². The Kier molecular flexibility index (Phi) is 6.13. The van der Waals surface area contributed by atoms with Gasteiger partial charge >= 0.3 is 0 Å². The molecular weight excluding hydrogens is 450 g/mol. The standard InChI is InChI=1S/C25H27N5O3S/c26-16-21(25-27-22-7-3-4-8-23(22)28-25)24(31)17-29-11-13-30(14-12-29)34(32,33)20-10-9-18-5-1-2-6-19(18)15-20/h3-4,7-10,15,31H,1-2,5-6,11-14,17H2,(H,27,28). The molecule has 2 heterocycles. The zero-order valence-electron chi connectivity index (χ0n) is 18.9. The number of aliphatic hydroxyl groups excluding tert-OH is 1. The lowest BCUT2D eigenvalue weighted by atomic mass is 9.92. The molecule has 0 bridgehead atoms. The van der Waals surface area contributed by atoms with Crippen molar-refractivity contribution in [2.75, 3.05) is 32.7 Å². The number of hydrogen-bond acceptors (Lipinski definition) is 6. The highest BCUT2D eigenvalue weighted by Crippen LogP contribution is 2.26. The molecule has 3 aromatic rings. The average molecular weight is 478 g/mol. The number of piperazine rings is 1. The van der Waals surface area contributed by atoms with Gasteiger partial charge < -0.3 is 10.1 Å². The summed E-state index contributed by atoms with van der Waals surface area (Å²) in [6.07, 6.45) is 4.21. The third kappa shape index (κ3) is 4.32. The summed E-state index contributed by atoms with van der Waals surface area (Å²) in [7, 11) is -3.56. The van der Waals surface area contributed by atoms with Crippen LogP contribution in [0.3, 0.4) is 0 Å². The number of rotatable bonds is 5. The van der Waals surface area contributed by atoms with E-state index in [2.05, 4.69) is 16.0 Å². The van der Waals surface area contributed by atoms with Crippen LogP contribution in [0, 0.1) is 11.3 Å². The molecule has 2 aromatic carbocycles. The van der Waals surface area contributed by atoms with E-state index in [0.29, 0.717) is 36.9 Å². The summed E-state index contributed by atoms with van der Waals surface area (Å²) in [6.45, 7) is 1.76. The SMILES string of the molecule is N#CC(=C(O)CN1CCN(S(=O)(=O)c2ccc3c(c2)CCCC3)CC1)c1nc2ccccc2[nH]1. The number of fused-ring (bicyclic) bond motifs is 2. The van der Waals surface area contributed by atoms with Gasteiger partial charge in [-0.05, 0) is 61.1 Å². The maximum atomic E-state index is 13.2. The molecule has 8 nitrogen and oxygen atoms in total. The van der Waals surface area contributed by atoms with Crippen LogP contribution in [0.25, 0.3) is 16.6 Å². The smallest absolute Gasteiger partial charge is 0.243 e. The van der Waals surface area contributed by atoms with Crippen LogP contribution in [0.1, 0.15) is 29.8 Å². The minimum atomic E-state index is -3.56. The number of nitrogens with one attached hydrogen (secondary N) is 1. The lowest BCUT2D eigenvalue weighted by molar-refractivity contribution is 0.182. The number of nitriles is 1. The van der Waals surface area contributed by atoms with Crippen LogP contribution in [-0.2, 0) is 22.9 Å². The molecule has 9 heteroatoms. The van der Waals surface area contributed by atoms with E-state index in [9.17, 15) is 18.8 Å². The molecule has 1 aliphatic heterocycles. The van der Waals surface area contributed by atoms with Gasteiger partial charge in [0, 0.05) is 26.2 Å². The summed E-state index contributed by atoms with van der Waals surface area (Å²) in [5, 5.41) is 20.3. The number of allylic oxidation sites excluding steroid dienone is 1. The van der Waals surface area contributed by atoms with Gasteiger partial charge in [-0.3, -0.25) is 4.90 Å². The first-order valence-corrected chi connectivity index (χ1v) is 13.0. The maximum absolute atomic E-state index is 13.2. The molecule has 176 valence electrons. The number of imidazole rings is 1. The number of H-pyrrole nitrogens is 1. The highest BCUT2D eigenvalue weighted by molar-refractivity contribution is 7.89. The van der Waals surface area contributed by atoms with E-state index in [1.165, 1.54) is 9.87 Å². The first kappa shape index (κ1) is 22.6. The highest BCUT2D eigenvalue weighted by atomic mass is 32.2. The number of aryl methyl sites for hydroxylation is 2. The topological polar surface area (TPSA) is 113 Å². The van der Waals surface area contributed by atoms with Crippen molar-refractivity contribution < 1.29 is 13.5 Å². The minimum Gasteiger partial charge on any atom is -0.509 e. The van der Waals surface area contributed by atoms with Crippen molar-refractivity contribution in [2.45, 2.75) is 30.6 Å². The molecular formula is C25H27N5O3S. The third-order valence-electron chi connectivity index (χ3n) is 6.69. The van der Waals surface area contributed by atoms with E-state index in [0.717, 1.165) is 42.3 Å². The van der Waals surface area contributed by atoms with E-state index >= 15 is 0 Å². The molecule has 1 fully saturated rings. The average Bonchev–Trinajstić information content (AvgIpc) is 3.28. The van der Waals surface area contributed by atoms with E-state index in [1.54, 1.807) is 6.07 Å². The normalized spacial score (nSPS) is 18.3.